The summed E-state index contributed by atoms with van der Waals surface area (Å²) in [6.07, 6.45) is 1.08. The monoisotopic (exact) mass is 313 g/mol. The van der Waals surface area contributed by atoms with Crippen LogP contribution in [0.25, 0.3) is 0 Å². The van der Waals surface area contributed by atoms with E-state index in [1.54, 1.807) is 0 Å². The van der Waals surface area contributed by atoms with Crippen LogP contribution >= 0.6 is 22.7 Å². The van der Waals surface area contributed by atoms with Gasteiger partial charge in [0.15, 0.2) is 0 Å². The molecule has 0 unspecified atom stereocenters. The van der Waals surface area contributed by atoms with Crippen LogP contribution in [0.1, 0.15) is 33.8 Å². The van der Waals surface area contributed by atoms with Crippen LogP contribution < -0.4 is 5.32 Å². The molecule has 0 spiro atoms. The highest BCUT2D eigenvalue weighted by Gasteiger charge is 2.16. The van der Waals surface area contributed by atoms with Crippen molar-refractivity contribution in [2.75, 3.05) is 0 Å². The van der Waals surface area contributed by atoms with Crippen molar-refractivity contribution in [3.05, 3.63) is 80.2 Å². The van der Waals surface area contributed by atoms with Crippen molar-refractivity contribution >= 4 is 22.7 Å². The fraction of sp³-hybridized carbons (Fsp3) is 0.222. The normalized spacial score (nSPS) is 11.1. The lowest BCUT2D eigenvalue weighted by atomic mass is 10.0. The third-order valence-corrected chi connectivity index (χ3v) is 5.53. The first-order chi connectivity index (χ1) is 10.4. The second-order valence-corrected chi connectivity index (χ2v) is 6.93. The maximum atomic E-state index is 3.74. The van der Waals surface area contributed by atoms with E-state index in [1.165, 1.54) is 20.9 Å². The number of hydrogen-bond acceptors (Lipinski definition) is 3. The average Bonchev–Trinajstić information content (AvgIpc) is 3.22. The van der Waals surface area contributed by atoms with Crippen LogP contribution in [0.5, 0.6) is 0 Å². The third-order valence-electron chi connectivity index (χ3n) is 3.65. The molecule has 1 N–H and O–H groups in total. The first-order valence-corrected chi connectivity index (χ1v) is 9.01. The maximum Gasteiger partial charge on any atom is 0.0767 e. The summed E-state index contributed by atoms with van der Waals surface area (Å²) in [4.78, 5) is 2.76. The molecule has 0 atom stereocenters. The third kappa shape index (κ3) is 3.43. The smallest absolute Gasteiger partial charge is 0.0767 e. The number of rotatable bonds is 6. The van der Waals surface area contributed by atoms with Crippen molar-refractivity contribution in [3.8, 4) is 0 Å². The minimum Gasteiger partial charge on any atom is -0.301 e. The summed E-state index contributed by atoms with van der Waals surface area (Å²) < 4.78 is 0. The topological polar surface area (TPSA) is 12.0 Å². The maximum absolute atomic E-state index is 3.74. The van der Waals surface area contributed by atoms with E-state index < -0.39 is 0 Å². The molecular formula is C18H19NS2. The van der Waals surface area contributed by atoms with Gasteiger partial charge in [-0.25, -0.2) is 0 Å². The molecule has 1 nitrogen and oxygen atoms in total. The van der Waals surface area contributed by atoms with Gasteiger partial charge in [-0.3, -0.25) is 0 Å². The largest absolute Gasteiger partial charge is 0.301 e. The van der Waals surface area contributed by atoms with Crippen molar-refractivity contribution in [2.24, 2.45) is 0 Å². The average molecular weight is 313 g/mol. The molecule has 2 heterocycles. The molecule has 3 heteroatoms. The van der Waals surface area contributed by atoms with Gasteiger partial charge in [-0.2, -0.15) is 0 Å². The fourth-order valence-corrected chi connectivity index (χ4v) is 4.25. The molecule has 0 aliphatic heterocycles. The summed E-state index contributed by atoms with van der Waals surface area (Å²) in [5.41, 5.74) is 2.83. The minimum absolute atomic E-state index is 0.301. The predicted molar refractivity (Wildman–Crippen MR) is 93.1 cm³/mol. The summed E-state index contributed by atoms with van der Waals surface area (Å²) in [6, 6.07) is 17.7. The van der Waals surface area contributed by atoms with E-state index in [-0.39, 0.29) is 0 Å². The van der Waals surface area contributed by atoms with Gasteiger partial charge < -0.3 is 5.32 Å². The zero-order valence-electron chi connectivity index (χ0n) is 12.1. The molecular weight excluding hydrogens is 294 g/mol. The van der Waals surface area contributed by atoms with E-state index in [1.807, 2.05) is 22.7 Å². The number of hydrogen-bond donors (Lipinski definition) is 1. The Morgan fingerprint density at radius 2 is 1.48 bits per heavy atom. The molecule has 3 aromatic rings. The van der Waals surface area contributed by atoms with Crippen molar-refractivity contribution in [3.63, 3.8) is 0 Å². The standard InChI is InChI=1S/C18H19NS2/c1-2-14-7-3-4-8-15(14)13-19-18(16-9-5-11-20-16)17-10-6-12-21-17/h3-12,18-19H,2,13H2,1H3. The number of nitrogens with one attached hydrogen (secondary N) is 1. The van der Waals surface area contributed by atoms with Crippen LogP contribution in [0, 0.1) is 0 Å². The molecule has 0 bridgehead atoms. The van der Waals surface area contributed by atoms with Crippen LogP contribution in [-0.4, -0.2) is 0 Å². The summed E-state index contributed by atoms with van der Waals surface area (Å²) in [6.45, 7) is 3.12. The molecule has 0 aliphatic rings. The number of thiophene rings is 2. The van der Waals surface area contributed by atoms with Crippen molar-refractivity contribution < 1.29 is 0 Å². The van der Waals surface area contributed by atoms with Crippen molar-refractivity contribution in [2.45, 2.75) is 25.9 Å². The molecule has 0 saturated heterocycles. The van der Waals surface area contributed by atoms with E-state index >= 15 is 0 Å². The molecule has 0 aliphatic carbocycles. The van der Waals surface area contributed by atoms with Gasteiger partial charge in [0.05, 0.1) is 6.04 Å². The van der Waals surface area contributed by atoms with Gasteiger partial charge in [0.1, 0.15) is 0 Å². The predicted octanol–water partition coefficient (Wildman–Crippen LogP) is 5.25. The summed E-state index contributed by atoms with van der Waals surface area (Å²) in [5.74, 6) is 0. The van der Waals surface area contributed by atoms with Gasteiger partial charge in [0.25, 0.3) is 0 Å². The Morgan fingerprint density at radius 3 is 2.00 bits per heavy atom. The van der Waals surface area contributed by atoms with Gasteiger partial charge >= 0.3 is 0 Å². The summed E-state index contributed by atoms with van der Waals surface area (Å²) in [7, 11) is 0. The molecule has 0 fully saturated rings. The van der Waals surface area contributed by atoms with Gasteiger partial charge in [-0.1, -0.05) is 43.3 Å². The van der Waals surface area contributed by atoms with Crippen LogP contribution in [0.4, 0.5) is 0 Å². The Balaban J connectivity index is 1.80. The zero-order valence-corrected chi connectivity index (χ0v) is 13.7. The van der Waals surface area contributed by atoms with Gasteiger partial charge in [0.2, 0.25) is 0 Å². The van der Waals surface area contributed by atoms with Crippen LogP contribution in [0.15, 0.2) is 59.3 Å². The Hall–Kier alpha value is -1.42. The second-order valence-electron chi connectivity index (χ2n) is 4.97. The van der Waals surface area contributed by atoms with E-state index in [2.05, 4.69) is 71.5 Å². The number of benzene rings is 1. The Kier molecular flexibility index (Phi) is 4.86. The van der Waals surface area contributed by atoms with Crippen molar-refractivity contribution in [1.29, 1.82) is 0 Å². The highest BCUT2D eigenvalue weighted by Crippen LogP contribution is 2.29. The lowest BCUT2D eigenvalue weighted by molar-refractivity contribution is 0.618. The lowest BCUT2D eigenvalue weighted by Gasteiger charge is -2.17. The molecule has 1 aromatic carbocycles. The van der Waals surface area contributed by atoms with Crippen molar-refractivity contribution in [1.82, 2.24) is 5.32 Å². The van der Waals surface area contributed by atoms with E-state index in [9.17, 15) is 0 Å². The van der Waals surface area contributed by atoms with Gasteiger partial charge in [0, 0.05) is 16.3 Å². The van der Waals surface area contributed by atoms with E-state index in [0.717, 1.165) is 13.0 Å². The SMILES string of the molecule is CCc1ccccc1CNC(c1cccs1)c1cccs1. The molecule has 0 radical (unpaired) electrons. The Bertz CT molecular complexity index is 622. The van der Waals surface area contributed by atoms with Crippen LogP contribution in [-0.2, 0) is 13.0 Å². The first kappa shape index (κ1) is 14.5. The second kappa shape index (κ2) is 7.03. The van der Waals surface area contributed by atoms with E-state index in [4.69, 9.17) is 0 Å². The molecule has 0 saturated carbocycles. The molecule has 21 heavy (non-hydrogen) atoms. The molecule has 2 aromatic heterocycles. The van der Waals surface area contributed by atoms with Gasteiger partial charge in [-0.15, -0.1) is 22.7 Å². The molecule has 3 rings (SSSR count). The van der Waals surface area contributed by atoms with E-state index in [0.29, 0.717) is 6.04 Å². The summed E-state index contributed by atoms with van der Waals surface area (Å²) >= 11 is 3.64. The molecule has 108 valence electrons. The lowest BCUT2D eigenvalue weighted by Crippen LogP contribution is -2.21. The first-order valence-electron chi connectivity index (χ1n) is 7.25. The quantitative estimate of drug-likeness (QED) is 0.655. The Morgan fingerprint density at radius 1 is 0.857 bits per heavy atom. The molecule has 0 amide bonds. The highest BCUT2D eigenvalue weighted by atomic mass is 32.1. The van der Waals surface area contributed by atoms with Crippen LogP contribution in [0.3, 0.4) is 0 Å². The number of aryl methyl sites for hydroxylation is 1. The summed E-state index contributed by atoms with van der Waals surface area (Å²) in [5, 5.41) is 8.04. The minimum atomic E-state index is 0.301. The van der Waals surface area contributed by atoms with Crippen LogP contribution in [0.2, 0.25) is 0 Å². The van der Waals surface area contributed by atoms with Gasteiger partial charge in [-0.05, 0) is 40.4 Å². The fourth-order valence-electron chi connectivity index (χ4n) is 2.54. The Labute approximate surface area is 134 Å². The highest BCUT2D eigenvalue weighted by molar-refractivity contribution is 7.11. The zero-order chi connectivity index (χ0) is 14.5.